The lowest BCUT2D eigenvalue weighted by Gasteiger charge is -2.26. The molecule has 0 bridgehead atoms. The molecule has 0 aromatic heterocycles. The summed E-state index contributed by atoms with van der Waals surface area (Å²) in [5, 5.41) is 9.13. The number of aliphatic hydroxyl groups excluding tert-OH is 1. The van der Waals surface area contributed by atoms with Crippen molar-refractivity contribution in [3.63, 3.8) is 0 Å². The average molecular weight is 327 g/mol. The Morgan fingerprint density at radius 2 is 1.92 bits per heavy atom. The molecule has 0 aliphatic heterocycles. The summed E-state index contributed by atoms with van der Waals surface area (Å²) in [6.07, 6.45) is 2.30. The summed E-state index contributed by atoms with van der Waals surface area (Å²) < 4.78 is 13.1. The Morgan fingerprint density at radius 3 is 2.67 bits per heavy atom. The minimum atomic E-state index is -0.281. The van der Waals surface area contributed by atoms with E-state index in [2.05, 4.69) is 6.07 Å². The number of carbonyl (C=O) groups is 1. The first-order valence-electron chi connectivity index (χ1n) is 8.41. The first-order valence-corrected chi connectivity index (χ1v) is 8.41. The quantitative estimate of drug-likeness (QED) is 0.885. The molecule has 2 aromatic carbocycles. The summed E-state index contributed by atoms with van der Waals surface area (Å²) >= 11 is 0. The number of fused-ring (bicyclic) bond motifs is 1. The van der Waals surface area contributed by atoms with Crippen LogP contribution in [-0.2, 0) is 17.8 Å². The van der Waals surface area contributed by atoms with Gasteiger partial charge in [0, 0.05) is 19.7 Å². The Bertz CT molecular complexity index is 699. The van der Waals surface area contributed by atoms with Crippen molar-refractivity contribution >= 4 is 5.91 Å². The second-order valence-corrected chi connectivity index (χ2v) is 6.25. The summed E-state index contributed by atoms with van der Waals surface area (Å²) in [7, 11) is 0. The predicted molar refractivity (Wildman–Crippen MR) is 91.0 cm³/mol. The maximum absolute atomic E-state index is 13.1. The summed E-state index contributed by atoms with van der Waals surface area (Å²) in [6.45, 7) is 0.998. The molecule has 4 heteroatoms. The molecule has 1 amide bonds. The zero-order valence-electron chi connectivity index (χ0n) is 13.6. The van der Waals surface area contributed by atoms with Crippen molar-refractivity contribution in [3.05, 3.63) is 71.0 Å². The van der Waals surface area contributed by atoms with Gasteiger partial charge in [-0.05, 0) is 48.1 Å². The summed E-state index contributed by atoms with van der Waals surface area (Å²) in [4.78, 5) is 14.8. The number of hydrogen-bond acceptors (Lipinski definition) is 2. The van der Waals surface area contributed by atoms with E-state index < -0.39 is 0 Å². The van der Waals surface area contributed by atoms with Crippen LogP contribution in [0.5, 0.6) is 0 Å². The fourth-order valence-electron chi connectivity index (χ4n) is 3.37. The highest BCUT2D eigenvalue weighted by molar-refractivity contribution is 5.85. The van der Waals surface area contributed by atoms with Crippen LogP contribution < -0.4 is 0 Å². The minimum Gasteiger partial charge on any atom is -0.396 e. The molecule has 3 rings (SSSR count). The van der Waals surface area contributed by atoms with Crippen LogP contribution in [0.1, 0.15) is 35.4 Å². The molecule has 2 aromatic rings. The monoisotopic (exact) mass is 327 g/mol. The Morgan fingerprint density at radius 1 is 1.17 bits per heavy atom. The number of carbonyl (C=O) groups excluding carboxylic acids is 1. The number of aliphatic hydroxyl groups is 1. The van der Waals surface area contributed by atoms with Crippen molar-refractivity contribution in [2.45, 2.75) is 31.7 Å². The fourth-order valence-corrected chi connectivity index (χ4v) is 3.37. The van der Waals surface area contributed by atoms with Crippen molar-refractivity contribution in [3.8, 4) is 0 Å². The minimum absolute atomic E-state index is 0.0501. The molecule has 0 spiro atoms. The van der Waals surface area contributed by atoms with E-state index in [1.54, 1.807) is 17.0 Å². The van der Waals surface area contributed by atoms with E-state index in [-0.39, 0.29) is 24.2 Å². The summed E-state index contributed by atoms with van der Waals surface area (Å²) in [6, 6.07) is 14.3. The third-order valence-electron chi connectivity index (χ3n) is 4.62. The van der Waals surface area contributed by atoms with E-state index in [1.807, 2.05) is 18.2 Å². The zero-order chi connectivity index (χ0) is 16.9. The van der Waals surface area contributed by atoms with Crippen LogP contribution in [0.4, 0.5) is 4.39 Å². The lowest BCUT2D eigenvalue weighted by molar-refractivity contribution is -0.133. The zero-order valence-corrected chi connectivity index (χ0v) is 13.6. The van der Waals surface area contributed by atoms with Gasteiger partial charge < -0.3 is 10.0 Å². The van der Waals surface area contributed by atoms with E-state index in [1.165, 1.54) is 17.7 Å². The molecule has 0 heterocycles. The van der Waals surface area contributed by atoms with Gasteiger partial charge in [0.05, 0.1) is 5.92 Å². The molecule has 1 N–H and O–H groups in total. The molecule has 0 unspecified atom stereocenters. The van der Waals surface area contributed by atoms with Gasteiger partial charge in [-0.25, -0.2) is 4.39 Å². The molecule has 1 aliphatic carbocycles. The Balaban J connectivity index is 1.78. The van der Waals surface area contributed by atoms with Crippen molar-refractivity contribution in [1.82, 2.24) is 4.90 Å². The maximum Gasteiger partial charge on any atom is 0.230 e. The highest BCUT2D eigenvalue weighted by atomic mass is 19.1. The first-order chi connectivity index (χ1) is 11.7. The highest BCUT2D eigenvalue weighted by Gasteiger charge is 2.31. The lowest BCUT2D eigenvalue weighted by Crippen LogP contribution is -2.35. The van der Waals surface area contributed by atoms with Crippen LogP contribution in [0.2, 0.25) is 0 Å². The maximum atomic E-state index is 13.1. The van der Waals surface area contributed by atoms with Crippen molar-refractivity contribution in [2.24, 2.45) is 0 Å². The van der Waals surface area contributed by atoms with E-state index >= 15 is 0 Å². The number of rotatable bonds is 6. The Labute approximate surface area is 141 Å². The predicted octanol–water partition coefficient (Wildman–Crippen LogP) is 3.27. The standard InChI is InChI=1S/C20H22FNO2/c21-17-9-6-15(7-10-17)14-22(12-3-13-23)20(24)19-11-8-16-4-1-2-5-18(16)19/h1-2,4-7,9-10,19,23H,3,8,11-14H2/t19-/m1/s1. The molecule has 3 nitrogen and oxygen atoms in total. The first kappa shape index (κ1) is 16.7. The molecular weight excluding hydrogens is 305 g/mol. The van der Waals surface area contributed by atoms with Gasteiger partial charge in [-0.15, -0.1) is 0 Å². The number of nitrogens with zero attached hydrogens (tertiary/aromatic N) is 1. The van der Waals surface area contributed by atoms with Crippen LogP contribution in [0.3, 0.4) is 0 Å². The van der Waals surface area contributed by atoms with Gasteiger partial charge in [-0.2, -0.15) is 0 Å². The van der Waals surface area contributed by atoms with Gasteiger partial charge in [0.2, 0.25) is 5.91 Å². The number of hydrogen-bond donors (Lipinski definition) is 1. The van der Waals surface area contributed by atoms with Gasteiger partial charge in [0.1, 0.15) is 5.82 Å². The lowest BCUT2D eigenvalue weighted by atomic mass is 9.99. The topological polar surface area (TPSA) is 40.5 Å². The molecule has 0 saturated heterocycles. The van der Waals surface area contributed by atoms with Crippen LogP contribution >= 0.6 is 0 Å². The van der Waals surface area contributed by atoms with Gasteiger partial charge in [-0.3, -0.25) is 4.79 Å². The van der Waals surface area contributed by atoms with E-state index in [9.17, 15) is 9.18 Å². The highest BCUT2D eigenvalue weighted by Crippen LogP contribution is 2.34. The van der Waals surface area contributed by atoms with Crippen molar-refractivity contribution in [1.29, 1.82) is 0 Å². The number of benzene rings is 2. The second kappa shape index (κ2) is 7.58. The number of amides is 1. The van der Waals surface area contributed by atoms with E-state index in [4.69, 9.17) is 5.11 Å². The van der Waals surface area contributed by atoms with Crippen molar-refractivity contribution < 1.29 is 14.3 Å². The van der Waals surface area contributed by atoms with Gasteiger partial charge in [0.25, 0.3) is 0 Å². The number of halogens is 1. The molecule has 126 valence electrons. The molecule has 0 fully saturated rings. The SMILES string of the molecule is O=C([C@@H]1CCc2ccccc21)N(CCCO)Cc1ccc(F)cc1. The molecular formula is C20H22FNO2. The van der Waals surface area contributed by atoms with Gasteiger partial charge in [-0.1, -0.05) is 36.4 Å². The molecule has 24 heavy (non-hydrogen) atoms. The molecule has 1 aliphatic rings. The van der Waals surface area contributed by atoms with Crippen LogP contribution in [0, 0.1) is 5.82 Å². The van der Waals surface area contributed by atoms with Crippen molar-refractivity contribution in [2.75, 3.05) is 13.2 Å². The third-order valence-corrected chi connectivity index (χ3v) is 4.62. The van der Waals surface area contributed by atoms with Crippen LogP contribution in [0.15, 0.2) is 48.5 Å². The van der Waals surface area contributed by atoms with Gasteiger partial charge >= 0.3 is 0 Å². The Hall–Kier alpha value is -2.20. The smallest absolute Gasteiger partial charge is 0.230 e. The summed E-state index contributed by atoms with van der Waals surface area (Å²) in [5.74, 6) is -0.297. The normalized spacial score (nSPS) is 16.0. The summed E-state index contributed by atoms with van der Waals surface area (Å²) in [5.41, 5.74) is 3.27. The molecule has 0 radical (unpaired) electrons. The van der Waals surface area contributed by atoms with E-state index in [0.717, 1.165) is 24.0 Å². The average Bonchev–Trinajstić information content (AvgIpc) is 3.04. The van der Waals surface area contributed by atoms with Crippen LogP contribution in [0.25, 0.3) is 0 Å². The van der Waals surface area contributed by atoms with Crippen LogP contribution in [-0.4, -0.2) is 29.1 Å². The van der Waals surface area contributed by atoms with E-state index in [0.29, 0.717) is 19.5 Å². The van der Waals surface area contributed by atoms with Gasteiger partial charge in [0.15, 0.2) is 0 Å². The fraction of sp³-hybridized carbons (Fsp3) is 0.350. The third kappa shape index (κ3) is 3.65. The Kier molecular flexibility index (Phi) is 5.26. The molecule has 0 saturated carbocycles. The second-order valence-electron chi connectivity index (χ2n) is 6.25. The molecule has 1 atom stereocenters. The largest absolute Gasteiger partial charge is 0.396 e. The number of aryl methyl sites for hydroxylation is 1.